The second-order valence-electron chi connectivity index (χ2n) is 5.65. The first kappa shape index (κ1) is 16.7. The van der Waals surface area contributed by atoms with Crippen molar-refractivity contribution in [3.63, 3.8) is 0 Å². The van der Waals surface area contributed by atoms with Crippen LogP contribution in [0.2, 0.25) is 0 Å². The molecule has 6 heteroatoms. The van der Waals surface area contributed by atoms with Gasteiger partial charge in [0.25, 0.3) is 11.8 Å². The summed E-state index contributed by atoms with van der Waals surface area (Å²) in [6.45, 7) is 2.24. The third-order valence-electron chi connectivity index (χ3n) is 3.99. The molecule has 1 aliphatic rings. The lowest BCUT2D eigenvalue weighted by Gasteiger charge is -2.27. The fourth-order valence-corrected chi connectivity index (χ4v) is 3.81. The van der Waals surface area contributed by atoms with E-state index in [0.29, 0.717) is 36.7 Å². The lowest BCUT2D eigenvalue weighted by Crippen LogP contribution is -2.35. The van der Waals surface area contributed by atoms with Crippen LogP contribution in [-0.2, 0) is 17.7 Å². The number of methoxy groups -OCH3 is 1. The van der Waals surface area contributed by atoms with Crippen molar-refractivity contribution in [3.05, 3.63) is 57.3 Å². The molecule has 126 valence electrons. The summed E-state index contributed by atoms with van der Waals surface area (Å²) in [5.74, 6) is -0.0362. The second kappa shape index (κ2) is 7.59. The van der Waals surface area contributed by atoms with Gasteiger partial charge in [0.15, 0.2) is 0 Å². The molecule has 2 aromatic rings. The summed E-state index contributed by atoms with van der Waals surface area (Å²) in [5, 5.41) is 2.83. The summed E-state index contributed by atoms with van der Waals surface area (Å²) in [4.78, 5) is 28.4. The highest BCUT2D eigenvalue weighted by Gasteiger charge is 2.24. The van der Waals surface area contributed by atoms with Crippen LogP contribution in [0.15, 0.2) is 36.4 Å². The Labute approximate surface area is 145 Å². The van der Waals surface area contributed by atoms with Crippen molar-refractivity contribution in [1.29, 1.82) is 0 Å². The Bertz CT molecular complexity index is 727. The van der Waals surface area contributed by atoms with E-state index in [0.717, 1.165) is 12.0 Å². The monoisotopic (exact) mass is 344 g/mol. The van der Waals surface area contributed by atoms with Gasteiger partial charge in [0.1, 0.15) is 0 Å². The Morgan fingerprint density at radius 2 is 2.08 bits per heavy atom. The predicted molar refractivity (Wildman–Crippen MR) is 93.4 cm³/mol. The highest BCUT2D eigenvalue weighted by molar-refractivity contribution is 7.14. The van der Waals surface area contributed by atoms with Crippen LogP contribution >= 0.6 is 11.3 Å². The Balaban J connectivity index is 1.68. The van der Waals surface area contributed by atoms with Crippen LogP contribution in [0.1, 0.15) is 30.5 Å². The van der Waals surface area contributed by atoms with Gasteiger partial charge < -0.3 is 15.0 Å². The van der Waals surface area contributed by atoms with Crippen molar-refractivity contribution in [2.75, 3.05) is 26.8 Å². The number of benzene rings is 1. The van der Waals surface area contributed by atoms with Crippen LogP contribution < -0.4 is 5.32 Å². The van der Waals surface area contributed by atoms with E-state index in [4.69, 9.17) is 4.74 Å². The van der Waals surface area contributed by atoms with Gasteiger partial charge in [-0.3, -0.25) is 9.59 Å². The van der Waals surface area contributed by atoms with Crippen molar-refractivity contribution in [2.45, 2.75) is 13.0 Å². The van der Waals surface area contributed by atoms with Crippen molar-refractivity contribution in [1.82, 2.24) is 10.2 Å². The van der Waals surface area contributed by atoms with Crippen LogP contribution in [0.3, 0.4) is 0 Å². The second-order valence-corrected chi connectivity index (χ2v) is 6.79. The number of hydrogen-bond donors (Lipinski definition) is 1. The van der Waals surface area contributed by atoms with Gasteiger partial charge in [-0.05, 0) is 30.2 Å². The zero-order chi connectivity index (χ0) is 16.9. The fourth-order valence-electron chi connectivity index (χ4n) is 2.74. The molecule has 24 heavy (non-hydrogen) atoms. The molecule has 1 aromatic heterocycles. The van der Waals surface area contributed by atoms with Gasteiger partial charge >= 0.3 is 0 Å². The van der Waals surface area contributed by atoms with E-state index in [9.17, 15) is 9.59 Å². The molecular formula is C18H20N2O3S. The number of fused-ring (bicyclic) bond motifs is 1. The SMILES string of the molecule is COCCNC(=O)c1cc2c(s1)CCN(C(=O)c1ccccc1)C2. The van der Waals surface area contributed by atoms with Crippen molar-refractivity contribution >= 4 is 23.2 Å². The molecule has 0 fully saturated rings. The maximum atomic E-state index is 12.6. The van der Waals surface area contributed by atoms with E-state index in [1.807, 2.05) is 41.3 Å². The van der Waals surface area contributed by atoms with Crippen LogP contribution in [0, 0.1) is 0 Å². The first-order valence-electron chi connectivity index (χ1n) is 7.92. The molecule has 1 N–H and O–H groups in total. The summed E-state index contributed by atoms with van der Waals surface area (Å²) in [6.07, 6.45) is 0.796. The van der Waals surface area contributed by atoms with Crippen LogP contribution in [0.25, 0.3) is 0 Å². The van der Waals surface area contributed by atoms with E-state index < -0.39 is 0 Å². The Hall–Kier alpha value is -2.18. The van der Waals surface area contributed by atoms with E-state index in [2.05, 4.69) is 5.32 Å². The Morgan fingerprint density at radius 3 is 2.83 bits per heavy atom. The first-order valence-corrected chi connectivity index (χ1v) is 8.73. The molecule has 0 bridgehead atoms. The zero-order valence-corrected chi connectivity index (χ0v) is 14.4. The standard InChI is InChI=1S/C18H20N2O3S/c1-23-10-8-19-17(21)16-11-14-12-20(9-7-15(14)24-16)18(22)13-5-3-2-4-6-13/h2-6,11H,7-10,12H2,1H3,(H,19,21). The molecule has 0 spiro atoms. The lowest BCUT2D eigenvalue weighted by atomic mass is 10.1. The number of rotatable bonds is 5. The molecule has 0 unspecified atom stereocenters. The van der Waals surface area contributed by atoms with Gasteiger partial charge in [0, 0.05) is 37.2 Å². The van der Waals surface area contributed by atoms with Gasteiger partial charge in [-0.2, -0.15) is 0 Å². The summed E-state index contributed by atoms with van der Waals surface area (Å²) < 4.78 is 4.94. The quantitative estimate of drug-likeness (QED) is 0.847. The van der Waals surface area contributed by atoms with Crippen molar-refractivity contribution in [2.24, 2.45) is 0 Å². The molecule has 3 rings (SSSR count). The number of ether oxygens (including phenoxy) is 1. The van der Waals surface area contributed by atoms with E-state index in [-0.39, 0.29) is 11.8 Å². The number of carbonyl (C=O) groups excluding carboxylic acids is 2. The van der Waals surface area contributed by atoms with Crippen LogP contribution in [0.5, 0.6) is 0 Å². The predicted octanol–water partition coefficient (Wildman–Crippen LogP) is 2.32. The topological polar surface area (TPSA) is 58.6 Å². The van der Waals surface area contributed by atoms with Gasteiger partial charge in [-0.25, -0.2) is 0 Å². The Morgan fingerprint density at radius 1 is 1.29 bits per heavy atom. The highest BCUT2D eigenvalue weighted by atomic mass is 32.1. The average Bonchev–Trinajstić information content (AvgIpc) is 3.05. The van der Waals surface area contributed by atoms with Crippen LogP contribution in [-0.4, -0.2) is 43.5 Å². The normalized spacial score (nSPS) is 13.5. The summed E-state index contributed by atoms with van der Waals surface area (Å²) in [7, 11) is 1.61. The molecule has 2 heterocycles. The number of amides is 2. The minimum Gasteiger partial charge on any atom is -0.383 e. The molecule has 1 aliphatic heterocycles. The minimum atomic E-state index is -0.0765. The fraction of sp³-hybridized carbons (Fsp3) is 0.333. The number of nitrogens with zero attached hydrogens (tertiary/aromatic N) is 1. The minimum absolute atomic E-state index is 0.0403. The van der Waals surface area contributed by atoms with E-state index in [1.54, 1.807) is 7.11 Å². The number of hydrogen-bond acceptors (Lipinski definition) is 4. The number of nitrogens with one attached hydrogen (secondary N) is 1. The van der Waals surface area contributed by atoms with Crippen molar-refractivity contribution in [3.8, 4) is 0 Å². The molecule has 0 radical (unpaired) electrons. The lowest BCUT2D eigenvalue weighted by molar-refractivity contribution is 0.0736. The number of thiophene rings is 1. The first-order chi connectivity index (χ1) is 11.7. The largest absolute Gasteiger partial charge is 0.383 e. The maximum absolute atomic E-state index is 12.6. The van der Waals surface area contributed by atoms with Crippen LogP contribution in [0.4, 0.5) is 0 Å². The van der Waals surface area contributed by atoms with Crippen molar-refractivity contribution < 1.29 is 14.3 Å². The molecule has 0 saturated heterocycles. The van der Waals surface area contributed by atoms with Gasteiger partial charge in [-0.15, -0.1) is 11.3 Å². The van der Waals surface area contributed by atoms with Gasteiger partial charge in [-0.1, -0.05) is 18.2 Å². The van der Waals surface area contributed by atoms with Gasteiger partial charge in [0.2, 0.25) is 0 Å². The maximum Gasteiger partial charge on any atom is 0.261 e. The molecule has 2 amide bonds. The highest BCUT2D eigenvalue weighted by Crippen LogP contribution is 2.28. The zero-order valence-electron chi connectivity index (χ0n) is 13.6. The van der Waals surface area contributed by atoms with E-state index in [1.165, 1.54) is 16.2 Å². The third-order valence-corrected chi connectivity index (χ3v) is 5.23. The average molecular weight is 344 g/mol. The molecule has 1 aromatic carbocycles. The number of carbonyl (C=O) groups is 2. The summed E-state index contributed by atoms with van der Waals surface area (Å²) in [5.41, 5.74) is 1.78. The Kier molecular flexibility index (Phi) is 5.27. The third kappa shape index (κ3) is 3.66. The summed E-state index contributed by atoms with van der Waals surface area (Å²) in [6, 6.07) is 11.2. The molecule has 5 nitrogen and oxygen atoms in total. The molecule has 0 aliphatic carbocycles. The molecule has 0 saturated carbocycles. The summed E-state index contributed by atoms with van der Waals surface area (Å²) >= 11 is 1.52. The molecule has 0 atom stereocenters. The van der Waals surface area contributed by atoms with E-state index >= 15 is 0 Å². The smallest absolute Gasteiger partial charge is 0.261 e. The molecular weight excluding hydrogens is 324 g/mol. The van der Waals surface area contributed by atoms with Gasteiger partial charge in [0.05, 0.1) is 11.5 Å².